The molecule has 1 N–H and O–H groups in total. The van der Waals surface area contributed by atoms with Crippen LogP contribution in [-0.2, 0) is 4.74 Å². The molecule has 0 radical (unpaired) electrons. The Morgan fingerprint density at radius 1 is 1.58 bits per heavy atom. The van der Waals surface area contributed by atoms with E-state index in [1.807, 2.05) is 11.8 Å². The Bertz CT molecular complexity index is 121. The van der Waals surface area contributed by atoms with Crippen molar-refractivity contribution >= 4 is 11.8 Å². The molecule has 1 heterocycles. The topological polar surface area (TPSA) is 21.3 Å². The number of hydrogen-bond donors (Lipinski definition) is 1. The maximum atomic E-state index is 5.42. The molecule has 0 aromatic heterocycles. The molecule has 1 aliphatic heterocycles. The molecular formula is C9H19NOS. The van der Waals surface area contributed by atoms with Crippen LogP contribution < -0.4 is 5.32 Å². The first-order valence-corrected chi connectivity index (χ1v) is 6.01. The molecule has 2 unspecified atom stereocenters. The largest absolute Gasteiger partial charge is 0.380 e. The molecule has 0 aromatic carbocycles. The molecule has 0 saturated carbocycles. The smallest absolute Gasteiger partial charge is 0.0600 e. The fraction of sp³-hybridized carbons (Fsp3) is 1.00. The summed E-state index contributed by atoms with van der Waals surface area (Å²) >= 11 is 1.92. The van der Waals surface area contributed by atoms with Gasteiger partial charge in [-0.05, 0) is 25.6 Å². The van der Waals surface area contributed by atoms with Gasteiger partial charge in [0.2, 0.25) is 0 Å². The lowest BCUT2D eigenvalue weighted by atomic mass is 10.1. The van der Waals surface area contributed by atoms with Crippen LogP contribution in [0.4, 0.5) is 0 Å². The summed E-state index contributed by atoms with van der Waals surface area (Å²) < 4.78 is 5.42. The van der Waals surface area contributed by atoms with E-state index < -0.39 is 0 Å². The van der Waals surface area contributed by atoms with E-state index in [0.29, 0.717) is 11.3 Å². The molecule has 0 aliphatic carbocycles. The minimum atomic E-state index is 0.658. The maximum Gasteiger partial charge on any atom is 0.0600 e. The Kier molecular flexibility index (Phi) is 5.04. The Labute approximate surface area is 79.4 Å². The van der Waals surface area contributed by atoms with E-state index in [1.54, 1.807) is 0 Å². The summed E-state index contributed by atoms with van der Waals surface area (Å²) in [5.74, 6) is 0. The third-order valence-corrected chi connectivity index (χ3v) is 3.33. The molecule has 0 bridgehead atoms. The third-order valence-electron chi connectivity index (χ3n) is 2.26. The van der Waals surface area contributed by atoms with Gasteiger partial charge in [0.1, 0.15) is 0 Å². The highest BCUT2D eigenvalue weighted by Gasteiger charge is 2.23. The minimum absolute atomic E-state index is 0.658. The van der Waals surface area contributed by atoms with Crippen LogP contribution in [0.3, 0.4) is 0 Å². The van der Waals surface area contributed by atoms with Crippen molar-refractivity contribution in [1.82, 2.24) is 5.32 Å². The number of rotatable bonds is 4. The van der Waals surface area contributed by atoms with E-state index in [4.69, 9.17) is 4.74 Å². The number of ether oxygens (including phenoxy) is 1. The lowest BCUT2D eigenvalue weighted by Crippen LogP contribution is -2.44. The second kappa shape index (κ2) is 5.84. The summed E-state index contributed by atoms with van der Waals surface area (Å²) in [6.07, 6.45) is 4.56. The van der Waals surface area contributed by atoms with Gasteiger partial charge in [-0.3, -0.25) is 0 Å². The van der Waals surface area contributed by atoms with Crippen LogP contribution in [0.2, 0.25) is 0 Å². The summed E-state index contributed by atoms with van der Waals surface area (Å²) in [4.78, 5) is 0. The van der Waals surface area contributed by atoms with Crippen LogP contribution in [0.15, 0.2) is 0 Å². The molecule has 1 saturated heterocycles. The highest BCUT2D eigenvalue weighted by molar-refractivity contribution is 7.99. The summed E-state index contributed by atoms with van der Waals surface area (Å²) in [6.45, 7) is 5.20. The van der Waals surface area contributed by atoms with E-state index in [9.17, 15) is 0 Å². The van der Waals surface area contributed by atoms with Gasteiger partial charge < -0.3 is 10.1 Å². The van der Waals surface area contributed by atoms with Crippen LogP contribution in [0, 0.1) is 0 Å². The zero-order valence-corrected chi connectivity index (χ0v) is 8.82. The molecular weight excluding hydrogens is 170 g/mol. The first-order valence-electron chi connectivity index (χ1n) is 4.72. The van der Waals surface area contributed by atoms with Gasteiger partial charge >= 0.3 is 0 Å². The Balaban J connectivity index is 2.26. The third kappa shape index (κ3) is 2.96. The Morgan fingerprint density at radius 3 is 3.08 bits per heavy atom. The monoisotopic (exact) mass is 189 g/mol. The molecule has 0 spiro atoms. The first-order chi connectivity index (χ1) is 5.88. The van der Waals surface area contributed by atoms with E-state index in [1.165, 1.54) is 12.8 Å². The standard InChI is InChI=1S/C9H19NOS/c1-3-5-10-8-4-6-11-7-9(8)12-2/h8-10H,3-7H2,1-2H3. The summed E-state index contributed by atoms with van der Waals surface area (Å²) in [5, 5.41) is 4.23. The summed E-state index contributed by atoms with van der Waals surface area (Å²) in [6, 6.07) is 0.675. The van der Waals surface area contributed by atoms with Gasteiger partial charge in [-0.2, -0.15) is 11.8 Å². The molecule has 12 heavy (non-hydrogen) atoms. The van der Waals surface area contributed by atoms with Gasteiger partial charge in [0.15, 0.2) is 0 Å². The minimum Gasteiger partial charge on any atom is -0.380 e. The highest BCUT2D eigenvalue weighted by atomic mass is 32.2. The highest BCUT2D eigenvalue weighted by Crippen LogP contribution is 2.18. The number of thioether (sulfide) groups is 1. The normalized spacial score (nSPS) is 30.5. The predicted molar refractivity (Wildman–Crippen MR) is 54.8 cm³/mol. The molecule has 2 atom stereocenters. The van der Waals surface area contributed by atoms with E-state index in [2.05, 4.69) is 18.5 Å². The van der Waals surface area contributed by atoms with E-state index in [-0.39, 0.29) is 0 Å². The lowest BCUT2D eigenvalue weighted by molar-refractivity contribution is 0.0834. The first kappa shape index (κ1) is 10.4. The van der Waals surface area contributed by atoms with Crippen molar-refractivity contribution in [3.63, 3.8) is 0 Å². The average Bonchev–Trinajstić information content (AvgIpc) is 2.15. The zero-order valence-electron chi connectivity index (χ0n) is 8.01. The summed E-state index contributed by atoms with van der Waals surface area (Å²) in [7, 11) is 0. The quantitative estimate of drug-likeness (QED) is 0.724. The van der Waals surface area contributed by atoms with Gasteiger partial charge in [-0.15, -0.1) is 0 Å². The number of nitrogens with one attached hydrogen (secondary N) is 1. The van der Waals surface area contributed by atoms with Crippen molar-refractivity contribution in [2.75, 3.05) is 26.0 Å². The van der Waals surface area contributed by atoms with E-state index >= 15 is 0 Å². The van der Waals surface area contributed by atoms with Crippen molar-refractivity contribution in [3.05, 3.63) is 0 Å². The van der Waals surface area contributed by atoms with Crippen molar-refractivity contribution in [2.45, 2.75) is 31.1 Å². The van der Waals surface area contributed by atoms with Gasteiger partial charge in [0, 0.05) is 17.9 Å². The SMILES string of the molecule is CCCNC1CCOCC1SC. The molecule has 1 fully saturated rings. The van der Waals surface area contributed by atoms with Gasteiger partial charge in [-0.1, -0.05) is 6.92 Å². The average molecular weight is 189 g/mol. The second-order valence-corrected chi connectivity index (χ2v) is 4.28. The van der Waals surface area contributed by atoms with Crippen molar-refractivity contribution in [2.24, 2.45) is 0 Å². The molecule has 3 heteroatoms. The van der Waals surface area contributed by atoms with Gasteiger partial charge in [-0.25, -0.2) is 0 Å². The molecule has 2 nitrogen and oxygen atoms in total. The van der Waals surface area contributed by atoms with Crippen molar-refractivity contribution < 1.29 is 4.74 Å². The van der Waals surface area contributed by atoms with Crippen LogP contribution in [0.1, 0.15) is 19.8 Å². The van der Waals surface area contributed by atoms with Gasteiger partial charge in [0.25, 0.3) is 0 Å². The fourth-order valence-electron chi connectivity index (χ4n) is 1.51. The Hall–Kier alpha value is 0.270. The molecule has 0 amide bonds. The second-order valence-electron chi connectivity index (χ2n) is 3.20. The Morgan fingerprint density at radius 2 is 2.42 bits per heavy atom. The van der Waals surface area contributed by atoms with Crippen LogP contribution in [0.5, 0.6) is 0 Å². The van der Waals surface area contributed by atoms with Gasteiger partial charge in [0.05, 0.1) is 6.61 Å². The van der Waals surface area contributed by atoms with Crippen LogP contribution in [-0.4, -0.2) is 37.3 Å². The number of hydrogen-bond acceptors (Lipinski definition) is 3. The van der Waals surface area contributed by atoms with Crippen LogP contribution >= 0.6 is 11.8 Å². The van der Waals surface area contributed by atoms with Crippen LogP contribution in [0.25, 0.3) is 0 Å². The zero-order chi connectivity index (χ0) is 8.81. The van der Waals surface area contributed by atoms with Crippen molar-refractivity contribution in [1.29, 1.82) is 0 Å². The lowest BCUT2D eigenvalue weighted by Gasteiger charge is -2.30. The molecule has 1 rings (SSSR count). The van der Waals surface area contributed by atoms with E-state index in [0.717, 1.165) is 19.8 Å². The summed E-state index contributed by atoms with van der Waals surface area (Å²) in [5.41, 5.74) is 0. The molecule has 72 valence electrons. The maximum absolute atomic E-state index is 5.42. The predicted octanol–water partition coefficient (Wildman–Crippen LogP) is 1.51. The fourth-order valence-corrected chi connectivity index (χ4v) is 2.30. The molecule has 1 aliphatic rings. The molecule has 0 aromatic rings. The van der Waals surface area contributed by atoms with Crippen molar-refractivity contribution in [3.8, 4) is 0 Å².